The van der Waals surface area contributed by atoms with Crippen molar-refractivity contribution in [3.05, 3.63) is 109 Å². The summed E-state index contributed by atoms with van der Waals surface area (Å²) in [5.41, 5.74) is 0. The van der Waals surface area contributed by atoms with E-state index in [0.29, 0.717) is 17.4 Å². The molecule has 0 aromatic carbocycles. The average Bonchev–Trinajstić information content (AvgIpc) is 2.39. The highest BCUT2D eigenvalue weighted by Crippen LogP contribution is 2.19. The number of carboxylic acids is 1. The summed E-state index contributed by atoms with van der Waals surface area (Å²) in [6.45, 7) is 4.81. The van der Waals surface area contributed by atoms with Gasteiger partial charge in [-0.2, -0.15) is 0 Å². The van der Waals surface area contributed by atoms with E-state index in [1.54, 1.807) is 0 Å². The number of esters is 2. The molecule has 0 fully saturated rings. The Hall–Kier alpha value is -4.05. The zero-order valence-corrected chi connectivity index (χ0v) is 64.2. The predicted octanol–water partition coefficient (Wildman–Crippen LogP) is 26.5. The minimum Gasteiger partial charge on any atom is -0.477 e. The van der Waals surface area contributed by atoms with Crippen molar-refractivity contribution in [1.82, 2.24) is 0 Å². The van der Waals surface area contributed by atoms with Crippen LogP contribution in [0.2, 0.25) is 0 Å². The molecule has 0 radical (unpaired) electrons. The Labute approximate surface area is 600 Å². The van der Waals surface area contributed by atoms with Crippen molar-refractivity contribution in [3.63, 3.8) is 0 Å². The van der Waals surface area contributed by atoms with Gasteiger partial charge in [0, 0.05) is 12.8 Å². The van der Waals surface area contributed by atoms with Crippen molar-refractivity contribution >= 4 is 17.9 Å². The summed E-state index contributed by atoms with van der Waals surface area (Å²) in [4.78, 5) is 37.8. The predicted molar refractivity (Wildman–Crippen MR) is 419 cm³/mol. The van der Waals surface area contributed by atoms with Gasteiger partial charge in [0.1, 0.15) is 13.2 Å². The van der Waals surface area contributed by atoms with Crippen molar-refractivity contribution in [1.29, 1.82) is 0 Å². The summed E-state index contributed by atoms with van der Waals surface area (Å²) in [7, 11) is 5.99. The van der Waals surface area contributed by atoms with Crippen molar-refractivity contribution in [2.45, 2.75) is 386 Å². The van der Waals surface area contributed by atoms with Crippen molar-refractivity contribution in [2.75, 3.05) is 47.5 Å². The van der Waals surface area contributed by atoms with Gasteiger partial charge in [0.2, 0.25) is 0 Å². The van der Waals surface area contributed by atoms with Crippen LogP contribution in [0.3, 0.4) is 0 Å². The van der Waals surface area contributed by atoms with Gasteiger partial charge in [0.05, 0.1) is 34.4 Å². The lowest BCUT2D eigenvalue weighted by atomic mass is 10.0. The Morgan fingerprint density at radius 1 is 0.320 bits per heavy atom. The van der Waals surface area contributed by atoms with E-state index in [0.717, 1.165) is 89.9 Å². The molecule has 0 aromatic heterocycles. The number of ether oxygens (including phenoxy) is 4. The van der Waals surface area contributed by atoms with E-state index < -0.39 is 24.3 Å². The molecule has 0 aliphatic rings. The van der Waals surface area contributed by atoms with Gasteiger partial charge in [0.25, 0.3) is 6.29 Å². The molecule has 0 saturated heterocycles. The van der Waals surface area contributed by atoms with E-state index in [2.05, 4.69) is 123 Å². The van der Waals surface area contributed by atoms with Gasteiger partial charge in [-0.3, -0.25) is 9.59 Å². The van der Waals surface area contributed by atoms with E-state index >= 15 is 0 Å². The van der Waals surface area contributed by atoms with Gasteiger partial charge in [0.15, 0.2) is 6.10 Å². The first kappa shape index (κ1) is 93.0. The van der Waals surface area contributed by atoms with Crippen LogP contribution in [0.15, 0.2) is 109 Å². The Kier molecular flexibility index (Phi) is 74.4. The second-order valence-electron chi connectivity index (χ2n) is 28.7. The van der Waals surface area contributed by atoms with Crippen molar-refractivity contribution in [2.24, 2.45) is 0 Å². The Balaban J connectivity index is 4.02. The highest BCUT2D eigenvalue weighted by Gasteiger charge is 2.25. The summed E-state index contributed by atoms with van der Waals surface area (Å²) in [5, 5.41) is 9.78. The molecule has 0 heterocycles. The average molecular weight is 1360 g/mol. The highest BCUT2D eigenvalue weighted by molar-refractivity contribution is 5.71. The lowest BCUT2D eigenvalue weighted by Crippen LogP contribution is -2.40. The first-order valence-electron chi connectivity index (χ1n) is 41.1. The van der Waals surface area contributed by atoms with Gasteiger partial charge in [-0.05, 0) is 103 Å². The number of hydrogen-bond donors (Lipinski definition) is 1. The molecular formula is C88H156NO8+. The number of carbonyl (C=O) groups excluding carboxylic acids is 2. The lowest BCUT2D eigenvalue weighted by Gasteiger charge is -2.25. The van der Waals surface area contributed by atoms with Crippen LogP contribution in [0.4, 0.5) is 0 Å². The molecule has 0 bridgehead atoms. The molecule has 0 saturated carbocycles. The molecule has 0 rings (SSSR count). The number of nitrogens with zero attached hydrogens (tertiary/aromatic N) is 1. The minimum atomic E-state index is -1.51. The molecule has 9 heteroatoms. The van der Waals surface area contributed by atoms with E-state index in [1.165, 1.54) is 257 Å². The Bertz CT molecular complexity index is 1970. The zero-order valence-electron chi connectivity index (χ0n) is 64.2. The molecule has 2 unspecified atom stereocenters. The van der Waals surface area contributed by atoms with Gasteiger partial charge in [-0.15, -0.1) is 0 Å². The third-order valence-corrected chi connectivity index (χ3v) is 18.0. The maximum Gasteiger partial charge on any atom is 0.361 e. The van der Waals surface area contributed by atoms with Crippen LogP contribution in [-0.2, 0) is 33.3 Å². The number of carbonyl (C=O) groups is 3. The second kappa shape index (κ2) is 77.7. The Morgan fingerprint density at radius 3 is 0.887 bits per heavy atom. The number of hydrogen-bond acceptors (Lipinski definition) is 7. The van der Waals surface area contributed by atoms with Crippen LogP contribution in [0.5, 0.6) is 0 Å². The molecule has 1 N–H and O–H groups in total. The van der Waals surface area contributed by atoms with Gasteiger partial charge in [-0.25, -0.2) is 4.79 Å². The van der Waals surface area contributed by atoms with E-state index in [9.17, 15) is 19.5 Å². The lowest BCUT2D eigenvalue weighted by molar-refractivity contribution is -0.870. The molecule has 0 aliphatic carbocycles. The number of likely N-dealkylation sites (N-methyl/N-ethyl adjacent to an activating group) is 1. The first-order valence-corrected chi connectivity index (χ1v) is 41.1. The molecule has 0 amide bonds. The van der Waals surface area contributed by atoms with Crippen LogP contribution < -0.4 is 0 Å². The first-order chi connectivity index (χ1) is 47.6. The van der Waals surface area contributed by atoms with Crippen molar-refractivity contribution < 1.29 is 42.9 Å². The van der Waals surface area contributed by atoms with Crippen LogP contribution in [0, 0.1) is 0 Å². The molecule has 2 atom stereocenters. The Morgan fingerprint density at radius 2 is 0.588 bits per heavy atom. The zero-order chi connectivity index (χ0) is 70.4. The van der Waals surface area contributed by atoms with E-state index in [-0.39, 0.29) is 32.2 Å². The quantitative estimate of drug-likeness (QED) is 0.0211. The summed E-state index contributed by atoms with van der Waals surface area (Å²) in [6.07, 6.45) is 107. The fraction of sp³-hybridized carbons (Fsp3) is 0.761. The molecule has 0 aliphatic heterocycles. The van der Waals surface area contributed by atoms with Gasteiger partial charge < -0.3 is 28.5 Å². The molecular weight excluding hydrogens is 1200 g/mol. The minimum absolute atomic E-state index is 0.182. The van der Waals surface area contributed by atoms with E-state index in [1.807, 2.05) is 21.1 Å². The highest BCUT2D eigenvalue weighted by atomic mass is 16.7. The van der Waals surface area contributed by atoms with Gasteiger partial charge in [-0.1, -0.05) is 367 Å². The smallest absolute Gasteiger partial charge is 0.361 e. The molecule has 0 aromatic rings. The number of allylic oxidation sites excluding steroid dienone is 18. The van der Waals surface area contributed by atoms with E-state index in [4.69, 9.17) is 18.9 Å². The normalized spacial score (nSPS) is 13.2. The van der Waals surface area contributed by atoms with Crippen LogP contribution >= 0.6 is 0 Å². The largest absolute Gasteiger partial charge is 0.477 e. The summed E-state index contributed by atoms with van der Waals surface area (Å²) < 4.78 is 23.1. The number of aliphatic carboxylic acids is 1. The number of unbranched alkanes of at least 4 members (excludes halogenated alkanes) is 43. The third-order valence-electron chi connectivity index (χ3n) is 18.0. The third kappa shape index (κ3) is 79.2. The van der Waals surface area contributed by atoms with Crippen LogP contribution in [0.25, 0.3) is 0 Å². The number of quaternary nitrogens is 1. The molecule has 9 nitrogen and oxygen atoms in total. The summed E-state index contributed by atoms with van der Waals surface area (Å²) >= 11 is 0. The molecule has 97 heavy (non-hydrogen) atoms. The summed E-state index contributed by atoms with van der Waals surface area (Å²) in [5.74, 6) is -1.99. The maximum absolute atomic E-state index is 13.0. The number of carboxylic acid groups (broad SMARTS) is 1. The van der Waals surface area contributed by atoms with Crippen LogP contribution in [-0.4, -0.2) is 87.4 Å². The SMILES string of the molecule is CC/C=C\C/C=C\C/C=C\C/C=C\C/C=C\C/C=C\C/C=C\C/C=C\CCCCCCCCCCCCCCCCC(=O)OC(COC(=O)CCCCCCCCCCCCCCCCCCCCCCC/C=C\CCCCCCCCCC)COC(OCC[N+](C)(C)C)C(=O)O. The monoisotopic (exact) mass is 1360 g/mol. The fourth-order valence-electron chi connectivity index (χ4n) is 11.8. The van der Waals surface area contributed by atoms with Gasteiger partial charge >= 0.3 is 17.9 Å². The fourth-order valence-corrected chi connectivity index (χ4v) is 11.8. The topological polar surface area (TPSA) is 108 Å². The maximum atomic E-state index is 13.0. The molecule has 560 valence electrons. The van der Waals surface area contributed by atoms with Crippen molar-refractivity contribution in [3.8, 4) is 0 Å². The second-order valence-corrected chi connectivity index (χ2v) is 28.7. The summed E-state index contributed by atoms with van der Waals surface area (Å²) in [6, 6.07) is 0. The number of rotatable bonds is 76. The van der Waals surface area contributed by atoms with Crippen LogP contribution in [0.1, 0.15) is 373 Å². The molecule has 0 spiro atoms. The standard InChI is InChI=1S/C88H155NO8/c1-6-8-10-12-14-16-18-20-22-24-26-28-30-32-34-36-38-40-41-42-43-44-45-47-49-51-53-55-57-59-61-63-65-67-69-71-73-75-77-79-86(91)97-84(83-96-88(87(92)93)94-81-80-89(3,4)5)82-95-85(90)78-76-74-72-70-68-66-64-62-60-58-56-54-52-50-48-46-39-37-35-33-31-29-27-25-23-21-19-17-15-13-11-9-7-2/h8,10,14,16,20,22,25-28,32,34,38,40,42-43,45,47,84,88H,6-7,9,11-13,15,17-19,21,23-24,29-31,33,35-37,39,41,44,46,48-83H2,1-5H3/p+1/b10-8-,16-14-,22-20-,27-25-,28-26-,34-32-,40-38-,43-42-,47-45-.